The molecule has 2 aromatic rings. The molecule has 3 heteroatoms. The van der Waals surface area contributed by atoms with E-state index in [-0.39, 0.29) is 0 Å². The summed E-state index contributed by atoms with van der Waals surface area (Å²) in [6.45, 7) is 12.4. The van der Waals surface area contributed by atoms with Crippen molar-refractivity contribution < 1.29 is 0 Å². The molecule has 21 heavy (non-hydrogen) atoms. The third kappa shape index (κ3) is 4.18. The van der Waals surface area contributed by atoms with E-state index >= 15 is 0 Å². The van der Waals surface area contributed by atoms with Gasteiger partial charge in [-0.25, -0.2) is 4.68 Å². The van der Waals surface area contributed by atoms with Crippen molar-refractivity contribution in [1.29, 1.82) is 0 Å². The molecule has 0 spiro atoms. The zero-order valence-corrected chi connectivity index (χ0v) is 13.8. The average molecular weight is 285 g/mol. The van der Waals surface area contributed by atoms with Gasteiger partial charge in [-0.3, -0.25) is 0 Å². The Bertz CT molecular complexity index is 551. The van der Waals surface area contributed by atoms with Crippen LogP contribution in [0.25, 0.3) is 5.69 Å². The lowest BCUT2D eigenvalue weighted by atomic mass is 9.82. The molecule has 1 aromatic heterocycles. The predicted octanol–water partition coefficient (Wildman–Crippen LogP) is 4.21. The summed E-state index contributed by atoms with van der Waals surface area (Å²) in [6.07, 6.45) is 4.06. The molecule has 0 bridgehead atoms. The van der Waals surface area contributed by atoms with Gasteiger partial charge in [-0.1, -0.05) is 45.9 Å². The van der Waals surface area contributed by atoms with Gasteiger partial charge in [-0.15, -0.1) is 0 Å². The van der Waals surface area contributed by atoms with Crippen molar-refractivity contribution in [2.24, 2.45) is 11.3 Å². The molecule has 0 aliphatic heterocycles. The number of hydrogen-bond donors (Lipinski definition) is 1. The first-order chi connectivity index (χ1) is 9.88. The molecule has 0 radical (unpaired) electrons. The van der Waals surface area contributed by atoms with Crippen LogP contribution in [0, 0.1) is 11.3 Å². The summed E-state index contributed by atoms with van der Waals surface area (Å²) < 4.78 is 1.93. The molecule has 0 saturated heterocycles. The molecule has 0 fully saturated rings. The smallest absolute Gasteiger partial charge is 0.0645 e. The molecular formula is C18H27N3. The highest BCUT2D eigenvalue weighted by Gasteiger charge is 2.20. The first kappa shape index (κ1) is 15.8. The standard InChI is InChI=1S/C18H27N3/c1-14(18(3,4)5)11-19-15(2)16-12-20-21(13-16)17-9-7-6-8-10-17/h6-10,12-15,19H,11H2,1-5H3. The molecule has 2 atom stereocenters. The Balaban J connectivity index is 1.98. The number of para-hydroxylation sites is 1. The van der Waals surface area contributed by atoms with E-state index in [9.17, 15) is 0 Å². The fourth-order valence-corrected chi connectivity index (χ4v) is 2.06. The molecule has 1 N–H and O–H groups in total. The molecule has 2 unspecified atom stereocenters. The van der Waals surface area contributed by atoms with E-state index in [0.29, 0.717) is 17.4 Å². The summed E-state index contributed by atoms with van der Waals surface area (Å²) in [4.78, 5) is 0. The van der Waals surface area contributed by atoms with Crippen LogP contribution >= 0.6 is 0 Å². The second kappa shape index (κ2) is 6.44. The number of rotatable bonds is 5. The zero-order valence-electron chi connectivity index (χ0n) is 13.8. The van der Waals surface area contributed by atoms with E-state index in [4.69, 9.17) is 0 Å². The van der Waals surface area contributed by atoms with Crippen molar-refractivity contribution >= 4 is 0 Å². The second-order valence-electron chi connectivity index (χ2n) is 6.95. The summed E-state index contributed by atoms with van der Waals surface area (Å²) in [5.41, 5.74) is 2.65. The van der Waals surface area contributed by atoms with Gasteiger partial charge in [0.25, 0.3) is 0 Å². The SMILES string of the molecule is CC(NCC(C)C(C)(C)C)c1cnn(-c2ccccc2)c1. The summed E-state index contributed by atoms with van der Waals surface area (Å²) in [6, 6.07) is 10.5. The quantitative estimate of drug-likeness (QED) is 0.892. The Hall–Kier alpha value is -1.61. The van der Waals surface area contributed by atoms with Crippen LogP contribution in [-0.2, 0) is 0 Å². The zero-order chi connectivity index (χ0) is 15.5. The minimum absolute atomic E-state index is 0.312. The lowest BCUT2D eigenvalue weighted by molar-refractivity contribution is 0.247. The molecule has 0 amide bonds. The van der Waals surface area contributed by atoms with Gasteiger partial charge < -0.3 is 5.32 Å². The molecular weight excluding hydrogens is 258 g/mol. The largest absolute Gasteiger partial charge is 0.310 e. The van der Waals surface area contributed by atoms with Crippen molar-refractivity contribution in [3.8, 4) is 5.69 Å². The molecule has 0 aliphatic rings. The van der Waals surface area contributed by atoms with Gasteiger partial charge in [0, 0.05) is 17.8 Å². The fourth-order valence-electron chi connectivity index (χ4n) is 2.06. The van der Waals surface area contributed by atoms with Gasteiger partial charge in [0.15, 0.2) is 0 Å². The van der Waals surface area contributed by atoms with E-state index in [2.05, 4.69) is 63.4 Å². The van der Waals surface area contributed by atoms with Crippen molar-refractivity contribution in [1.82, 2.24) is 15.1 Å². The van der Waals surface area contributed by atoms with Crippen LogP contribution in [-0.4, -0.2) is 16.3 Å². The Labute approximate surface area is 128 Å². The highest BCUT2D eigenvalue weighted by atomic mass is 15.3. The van der Waals surface area contributed by atoms with Gasteiger partial charge in [0.1, 0.15) is 0 Å². The van der Waals surface area contributed by atoms with Crippen LogP contribution in [0.3, 0.4) is 0 Å². The number of aromatic nitrogens is 2. The highest BCUT2D eigenvalue weighted by molar-refractivity contribution is 5.31. The predicted molar refractivity (Wildman–Crippen MR) is 88.6 cm³/mol. The summed E-state index contributed by atoms with van der Waals surface area (Å²) >= 11 is 0. The van der Waals surface area contributed by atoms with Gasteiger partial charge in [0.05, 0.1) is 11.9 Å². The van der Waals surface area contributed by atoms with E-state index < -0.39 is 0 Å². The highest BCUT2D eigenvalue weighted by Crippen LogP contribution is 2.25. The van der Waals surface area contributed by atoms with Crippen LogP contribution in [0.1, 0.15) is 46.2 Å². The lowest BCUT2D eigenvalue weighted by Crippen LogP contribution is -2.31. The Morgan fingerprint density at radius 3 is 2.43 bits per heavy atom. The molecule has 114 valence electrons. The first-order valence-corrected chi connectivity index (χ1v) is 7.71. The first-order valence-electron chi connectivity index (χ1n) is 7.71. The molecule has 1 heterocycles. The molecule has 3 nitrogen and oxygen atoms in total. The second-order valence-corrected chi connectivity index (χ2v) is 6.95. The number of nitrogens with one attached hydrogen (secondary N) is 1. The van der Waals surface area contributed by atoms with Crippen molar-refractivity contribution in [3.05, 3.63) is 48.3 Å². The van der Waals surface area contributed by atoms with Crippen LogP contribution in [0.5, 0.6) is 0 Å². The third-order valence-corrected chi connectivity index (χ3v) is 4.33. The van der Waals surface area contributed by atoms with Crippen molar-refractivity contribution in [2.75, 3.05) is 6.54 Å². The van der Waals surface area contributed by atoms with Crippen LogP contribution in [0.4, 0.5) is 0 Å². The normalized spacial score (nSPS) is 14.9. The van der Waals surface area contributed by atoms with E-state index in [1.165, 1.54) is 5.56 Å². The van der Waals surface area contributed by atoms with Crippen molar-refractivity contribution in [3.63, 3.8) is 0 Å². The van der Waals surface area contributed by atoms with Crippen LogP contribution in [0.2, 0.25) is 0 Å². The van der Waals surface area contributed by atoms with Crippen LogP contribution in [0.15, 0.2) is 42.7 Å². The maximum absolute atomic E-state index is 4.46. The van der Waals surface area contributed by atoms with E-state index in [1.807, 2.05) is 29.1 Å². The molecule has 2 rings (SSSR count). The molecule has 0 saturated carbocycles. The van der Waals surface area contributed by atoms with Gasteiger partial charge in [-0.2, -0.15) is 5.10 Å². The number of nitrogens with zero attached hydrogens (tertiary/aromatic N) is 2. The summed E-state index contributed by atoms with van der Waals surface area (Å²) in [5.74, 6) is 0.629. The summed E-state index contributed by atoms with van der Waals surface area (Å²) in [5, 5.41) is 8.08. The van der Waals surface area contributed by atoms with Gasteiger partial charge in [0.2, 0.25) is 0 Å². The summed E-state index contributed by atoms with van der Waals surface area (Å²) in [7, 11) is 0. The van der Waals surface area contributed by atoms with Crippen LogP contribution < -0.4 is 5.32 Å². The number of benzene rings is 1. The van der Waals surface area contributed by atoms with E-state index in [1.54, 1.807) is 0 Å². The minimum atomic E-state index is 0.312. The number of hydrogen-bond acceptors (Lipinski definition) is 2. The minimum Gasteiger partial charge on any atom is -0.310 e. The fraction of sp³-hybridized carbons (Fsp3) is 0.500. The molecule has 0 aliphatic carbocycles. The Morgan fingerprint density at radius 2 is 1.81 bits per heavy atom. The van der Waals surface area contributed by atoms with Crippen molar-refractivity contribution in [2.45, 2.75) is 40.7 Å². The van der Waals surface area contributed by atoms with Gasteiger partial charge >= 0.3 is 0 Å². The Kier molecular flexibility index (Phi) is 4.84. The maximum atomic E-state index is 4.46. The average Bonchev–Trinajstić information content (AvgIpc) is 2.94. The Morgan fingerprint density at radius 1 is 1.14 bits per heavy atom. The maximum Gasteiger partial charge on any atom is 0.0645 e. The molecule has 1 aromatic carbocycles. The third-order valence-electron chi connectivity index (χ3n) is 4.33. The van der Waals surface area contributed by atoms with E-state index in [0.717, 1.165) is 12.2 Å². The monoisotopic (exact) mass is 285 g/mol. The topological polar surface area (TPSA) is 29.9 Å². The van der Waals surface area contributed by atoms with Gasteiger partial charge in [-0.05, 0) is 36.9 Å². The lowest BCUT2D eigenvalue weighted by Gasteiger charge is -2.28.